The van der Waals surface area contributed by atoms with Gasteiger partial charge in [-0.05, 0) is 51.5 Å². The predicted octanol–water partition coefficient (Wildman–Crippen LogP) is 2.55. The number of aryl methyl sites for hydroxylation is 1. The number of nitrogens with zero attached hydrogens (tertiary/aromatic N) is 3. The maximum atomic E-state index is 8.96. The third-order valence-corrected chi connectivity index (χ3v) is 6.54. The Labute approximate surface area is 144 Å². The van der Waals surface area contributed by atoms with Gasteiger partial charge in [0.1, 0.15) is 5.01 Å². The molecule has 1 aliphatic heterocycles. The number of aromatic nitrogens is 1. The summed E-state index contributed by atoms with van der Waals surface area (Å²) in [6.45, 7) is 7.07. The van der Waals surface area contributed by atoms with E-state index in [9.17, 15) is 0 Å². The van der Waals surface area contributed by atoms with E-state index in [1.165, 1.54) is 55.9 Å². The van der Waals surface area contributed by atoms with Crippen LogP contribution in [0, 0.1) is 5.92 Å². The fourth-order valence-electron chi connectivity index (χ4n) is 3.87. The van der Waals surface area contributed by atoms with Gasteiger partial charge < -0.3 is 10.0 Å². The van der Waals surface area contributed by atoms with Gasteiger partial charge >= 0.3 is 0 Å². The van der Waals surface area contributed by atoms with Gasteiger partial charge in [-0.2, -0.15) is 0 Å². The second-order valence-electron chi connectivity index (χ2n) is 7.39. The van der Waals surface area contributed by atoms with Crippen LogP contribution in [0.25, 0.3) is 0 Å². The predicted molar refractivity (Wildman–Crippen MR) is 95.9 cm³/mol. The lowest BCUT2D eigenvalue weighted by Crippen LogP contribution is -2.43. The Kier molecular flexibility index (Phi) is 6.07. The van der Waals surface area contributed by atoms with Crippen molar-refractivity contribution >= 4 is 11.3 Å². The Morgan fingerprint density at radius 3 is 2.83 bits per heavy atom. The van der Waals surface area contributed by atoms with Gasteiger partial charge in [-0.25, -0.2) is 4.98 Å². The first-order chi connectivity index (χ1) is 11.2. The SMILES string of the molecule is CC1CCc2nc(CN3CCC(N(C)CCCO)CC3)sc2C1. The van der Waals surface area contributed by atoms with Gasteiger partial charge in [-0.15, -0.1) is 11.3 Å². The molecular formula is C18H31N3OS. The van der Waals surface area contributed by atoms with Gasteiger partial charge in [-0.3, -0.25) is 4.90 Å². The number of piperidine rings is 1. The van der Waals surface area contributed by atoms with E-state index < -0.39 is 0 Å². The molecule has 4 nitrogen and oxygen atoms in total. The highest BCUT2D eigenvalue weighted by atomic mass is 32.1. The molecule has 0 spiro atoms. The highest BCUT2D eigenvalue weighted by molar-refractivity contribution is 7.11. The van der Waals surface area contributed by atoms with Crippen LogP contribution < -0.4 is 0 Å². The number of likely N-dealkylation sites (tertiary alicyclic amines) is 1. The zero-order valence-corrected chi connectivity index (χ0v) is 15.4. The van der Waals surface area contributed by atoms with Crippen LogP contribution in [0.3, 0.4) is 0 Å². The number of fused-ring (bicyclic) bond motifs is 1. The van der Waals surface area contributed by atoms with E-state index in [0.29, 0.717) is 12.6 Å². The lowest BCUT2D eigenvalue weighted by Gasteiger charge is -2.36. The molecule has 1 aromatic heterocycles. The average Bonchev–Trinajstić information content (AvgIpc) is 2.94. The highest BCUT2D eigenvalue weighted by Gasteiger charge is 2.24. The van der Waals surface area contributed by atoms with Crippen LogP contribution in [0.5, 0.6) is 0 Å². The van der Waals surface area contributed by atoms with E-state index in [2.05, 4.69) is 23.8 Å². The highest BCUT2D eigenvalue weighted by Crippen LogP contribution is 2.30. The Balaban J connectivity index is 1.47. The molecule has 2 heterocycles. The van der Waals surface area contributed by atoms with Crippen molar-refractivity contribution in [2.75, 3.05) is 33.3 Å². The molecule has 0 amide bonds. The quantitative estimate of drug-likeness (QED) is 0.866. The molecule has 1 N–H and O–H groups in total. The van der Waals surface area contributed by atoms with E-state index in [0.717, 1.165) is 25.4 Å². The van der Waals surface area contributed by atoms with Crippen molar-refractivity contribution in [1.29, 1.82) is 0 Å². The van der Waals surface area contributed by atoms with Crippen molar-refractivity contribution in [2.45, 2.75) is 58.0 Å². The van der Waals surface area contributed by atoms with Gasteiger partial charge in [0.2, 0.25) is 0 Å². The van der Waals surface area contributed by atoms with Crippen LogP contribution in [0.1, 0.15) is 48.2 Å². The summed E-state index contributed by atoms with van der Waals surface area (Å²) in [6, 6.07) is 0.683. The molecule has 0 radical (unpaired) electrons. The smallest absolute Gasteiger partial charge is 0.107 e. The maximum Gasteiger partial charge on any atom is 0.107 e. The normalized spacial score (nSPS) is 23.4. The van der Waals surface area contributed by atoms with E-state index in [-0.39, 0.29) is 0 Å². The van der Waals surface area contributed by atoms with Crippen molar-refractivity contribution in [3.63, 3.8) is 0 Å². The maximum absolute atomic E-state index is 8.96. The second-order valence-corrected chi connectivity index (χ2v) is 8.56. The Bertz CT molecular complexity index is 496. The molecule has 0 aromatic carbocycles. The molecular weight excluding hydrogens is 306 g/mol. The largest absolute Gasteiger partial charge is 0.396 e. The van der Waals surface area contributed by atoms with Gasteiger partial charge in [0.15, 0.2) is 0 Å². The lowest BCUT2D eigenvalue weighted by atomic mass is 9.93. The third kappa shape index (κ3) is 4.53. The molecule has 1 aromatic rings. The zero-order chi connectivity index (χ0) is 16.2. The van der Waals surface area contributed by atoms with Crippen LogP contribution in [0.2, 0.25) is 0 Å². The Morgan fingerprint density at radius 2 is 2.09 bits per heavy atom. The Morgan fingerprint density at radius 1 is 1.30 bits per heavy atom. The molecule has 130 valence electrons. The van der Waals surface area contributed by atoms with E-state index in [1.54, 1.807) is 4.88 Å². The zero-order valence-electron chi connectivity index (χ0n) is 14.6. The van der Waals surface area contributed by atoms with Crippen molar-refractivity contribution in [2.24, 2.45) is 5.92 Å². The average molecular weight is 338 g/mol. The summed E-state index contributed by atoms with van der Waals surface area (Å²) in [5.41, 5.74) is 1.39. The van der Waals surface area contributed by atoms with Gasteiger partial charge in [0.25, 0.3) is 0 Å². The van der Waals surface area contributed by atoms with Crippen molar-refractivity contribution in [3.05, 3.63) is 15.6 Å². The van der Waals surface area contributed by atoms with E-state index >= 15 is 0 Å². The molecule has 1 atom stereocenters. The second kappa shape index (κ2) is 8.06. The summed E-state index contributed by atoms with van der Waals surface area (Å²) >= 11 is 1.96. The standard InChI is InChI=1S/C18H31N3OS/c1-14-4-5-16-17(12-14)23-18(19-16)13-21-9-6-15(7-10-21)20(2)8-3-11-22/h14-15,22H,3-13H2,1-2H3. The van der Waals surface area contributed by atoms with Gasteiger partial charge in [0, 0.05) is 37.2 Å². The van der Waals surface area contributed by atoms with Crippen molar-refractivity contribution < 1.29 is 5.11 Å². The first-order valence-electron chi connectivity index (χ1n) is 9.16. The fraction of sp³-hybridized carbons (Fsp3) is 0.833. The Hall–Kier alpha value is -0.490. The lowest BCUT2D eigenvalue weighted by molar-refractivity contribution is 0.117. The minimum Gasteiger partial charge on any atom is -0.396 e. The molecule has 1 aliphatic carbocycles. The summed E-state index contributed by atoms with van der Waals surface area (Å²) < 4.78 is 0. The van der Waals surface area contributed by atoms with Crippen LogP contribution in [0.4, 0.5) is 0 Å². The molecule has 3 rings (SSSR count). The molecule has 0 saturated carbocycles. The fourth-order valence-corrected chi connectivity index (χ4v) is 5.19. The number of aliphatic hydroxyl groups excluding tert-OH is 1. The molecule has 1 unspecified atom stereocenters. The van der Waals surface area contributed by atoms with Crippen LogP contribution in [-0.4, -0.2) is 59.2 Å². The summed E-state index contributed by atoms with van der Waals surface area (Å²) in [5.74, 6) is 0.834. The number of rotatable bonds is 6. The van der Waals surface area contributed by atoms with Gasteiger partial charge in [0.05, 0.1) is 12.2 Å². The number of aliphatic hydroxyl groups is 1. The van der Waals surface area contributed by atoms with E-state index in [4.69, 9.17) is 10.1 Å². The van der Waals surface area contributed by atoms with Crippen molar-refractivity contribution in [1.82, 2.24) is 14.8 Å². The minimum atomic E-state index is 0.302. The minimum absolute atomic E-state index is 0.302. The first kappa shape index (κ1) is 17.3. The van der Waals surface area contributed by atoms with Crippen molar-refractivity contribution in [3.8, 4) is 0 Å². The molecule has 5 heteroatoms. The number of thiazole rings is 1. The number of hydrogen-bond acceptors (Lipinski definition) is 5. The molecule has 1 fully saturated rings. The first-order valence-corrected chi connectivity index (χ1v) is 9.98. The topological polar surface area (TPSA) is 39.6 Å². The summed E-state index contributed by atoms with van der Waals surface area (Å²) in [7, 11) is 2.20. The van der Waals surface area contributed by atoms with Crippen LogP contribution in [-0.2, 0) is 19.4 Å². The van der Waals surface area contributed by atoms with Crippen LogP contribution >= 0.6 is 11.3 Å². The van der Waals surface area contributed by atoms with E-state index in [1.807, 2.05) is 11.3 Å². The summed E-state index contributed by atoms with van der Waals surface area (Å²) in [4.78, 5) is 11.5. The summed E-state index contributed by atoms with van der Waals surface area (Å²) in [6.07, 6.45) is 7.10. The molecule has 2 aliphatic rings. The third-order valence-electron chi connectivity index (χ3n) is 5.44. The molecule has 23 heavy (non-hydrogen) atoms. The molecule has 1 saturated heterocycles. The monoisotopic (exact) mass is 337 g/mol. The van der Waals surface area contributed by atoms with Crippen LogP contribution in [0.15, 0.2) is 0 Å². The number of hydrogen-bond donors (Lipinski definition) is 1. The summed E-state index contributed by atoms with van der Waals surface area (Å²) in [5, 5.41) is 10.3. The van der Waals surface area contributed by atoms with Gasteiger partial charge in [-0.1, -0.05) is 6.92 Å². The molecule has 0 bridgehead atoms.